The van der Waals surface area contributed by atoms with Gasteiger partial charge in [0.05, 0.1) is 12.4 Å². The van der Waals surface area contributed by atoms with Crippen LogP contribution in [-0.4, -0.2) is 53.9 Å². The fourth-order valence-electron chi connectivity index (χ4n) is 2.49. The first-order valence-electron chi connectivity index (χ1n) is 11.7. The number of halogens is 2. The maximum absolute atomic E-state index is 12.9. The molecule has 1 aromatic carbocycles. The van der Waals surface area contributed by atoms with Crippen LogP contribution in [0, 0.1) is 20.5 Å². The molecule has 0 bridgehead atoms. The summed E-state index contributed by atoms with van der Waals surface area (Å²) in [4.78, 5) is 8.28. The molecule has 0 atom stereocenters. The summed E-state index contributed by atoms with van der Waals surface area (Å²) < 4.78 is 67.9. The van der Waals surface area contributed by atoms with Gasteiger partial charge in [0.15, 0.2) is 0 Å². The average Bonchev–Trinajstić information content (AvgIpc) is 2.97. The number of nitrogens with one attached hydrogen (secondary N) is 2. The predicted octanol–water partition coefficient (Wildman–Crippen LogP) is -7.58. The van der Waals surface area contributed by atoms with Crippen LogP contribution in [0.25, 0.3) is 0 Å². The zero-order valence-corrected chi connectivity index (χ0v) is 28.9. The van der Waals surface area contributed by atoms with Crippen molar-refractivity contribution in [3.05, 3.63) is 77.6 Å². The van der Waals surface area contributed by atoms with Crippen molar-refractivity contribution in [2.75, 3.05) is 32.2 Å². The number of hydrogen-bond donors (Lipinski definition) is 4. The molecule has 0 spiro atoms. The Morgan fingerprint density at radius 1 is 0.660 bits per heavy atom. The van der Waals surface area contributed by atoms with Crippen LogP contribution in [0.1, 0.15) is 37.5 Å². The molecule has 0 fully saturated rings. The Bertz CT molecular complexity index is 1120. The van der Waals surface area contributed by atoms with Crippen molar-refractivity contribution in [1.82, 2.24) is 9.97 Å². The smallest absolute Gasteiger partial charge is 0.872 e. The number of nitrogens with zero attached hydrogens (tertiary/aromatic N) is 4. The van der Waals surface area contributed by atoms with Crippen LogP contribution in [0.2, 0.25) is 0 Å². The van der Waals surface area contributed by atoms with Gasteiger partial charge in [0.25, 0.3) is 0 Å². The molecule has 272 valence electrons. The molecule has 2 radical (unpaired) electrons. The van der Waals surface area contributed by atoms with Gasteiger partial charge in [-0.3, -0.25) is 10.9 Å². The van der Waals surface area contributed by atoms with Crippen molar-refractivity contribution in [2.45, 2.75) is 26.2 Å². The summed E-state index contributed by atoms with van der Waals surface area (Å²) in [5.74, 6) is 1.05. The fraction of sp³-hybridized carbons (Fsp3) is 0.280. The molecule has 47 heavy (non-hydrogen) atoms. The standard InChI is InChI=1S/C22H24N6O.2CH4O.CH3O.2ClHO4.2Cu/c1-22(2,3)18-12-16(14-25-27-19-8-4-6-10-23-19)21(29)17(13-18)15-26-28-20-9-5-7-11-24-20;3*1-2;2*2-1(3,4)5;;/h4-15,29H,1-3H3,(H,23,27)(H,24,28);2*2H,1H3;1H3;2*(H,2,3,4,5);;/q;;;-1;;;2*+2/p-3/b25-14+,26-15+;;;;;;;. The minimum Gasteiger partial charge on any atom is -0.872 e. The van der Waals surface area contributed by atoms with Crippen LogP contribution in [0.4, 0.5) is 11.6 Å². The van der Waals surface area contributed by atoms with Gasteiger partial charge in [0.1, 0.15) is 11.6 Å². The summed E-state index contributed by atoms with van der Waals surface area (Å²) in [6, 6.07) is 14.7. The molecule has 3 aromatic rings. The van der Waals surface area contributed by atoms with Gasteiger partial charge in [-0.2, -0.15) is 17.3 Å². The van der Waals surface area contributed by atoms with E-state index in [4.69, 9.17) is 52.6 Å². The van der Waals surface area contributed by atoms with Crippen LogP contribution in [-0.2, 0) is 39.6 Å². The monoisotopic (exact) mass is 806 g/mol. The first kappa shape index (κ1) is 53.9. The van der Waals surface area contributed by atoms with Gasteiger partial charge in [0.2, 0.25) is 0 Å². The number of aliphatic hydroxyl groups excluding tert-OH is 2. The predicted molar refractivity (Wildman–Crippen MR) is 138 cm³/mol. The number of hydrogen-bond acceptors (Lipinski definition) is 18. The number of rotatable bonds is 6. The van der Waals surface area contributed by atoms with Gasteiger partial charge in [-0.25, -0.2) is 47.2 Å². The number of aliphatic hydroxyl groups is 2. The molecule has 0 saturated heterocycles. The van der Waals surface area contributed by atoms with Crippen LogP contribution in [0.3, 0.4) is 0 Å². The molecule has 22 heteroatoms. The van der Waals surface area contributed by atoms with Gasteiger partial charge in [0, 0.05) is 26.6 Å². The van der Waals surface area contributed by atoms with Crippen LogP contribution in [0.15, 0.2) is 71.1 Å². The van der Waals surface area contributed by atoms with E-state index in [-0.39, 0.29) is 45.3 Å². The molecule has 3 rings (SSSR count). The summed E-state index contributed by atoms with van der Waals surface area (Å²) in [6.07, 6.45) is 6.35. The van der Waals surface area contributed by atoms with E-state index in [0.29, 0.717) is 22.8 Å². The van der Waals surface area contributed by atoms with Gasteiger partial charge >= 0.3 is 34.1 Å². The maximum Gasteiger partial charge on any atom is 2.00 e. The van der Waals surface area contributed by atoms with Crippen molar-refractivity contribution >= 4 is 24.1 Å². The van der Waals surface area contributed by atoms with E-state index >= 15 is 0 Å². The van der Waals surface area contributed by atoms with Crippen molar-refractivity contribution in [2.24, 2.45) is 10.2 Å². The van der Waals surface area contributed by atoms with E-state index in [2.05, 4.69) is 51.8 Å². The maximum atomic E-state index is 12.9. The summed E-state index contributed by atoms with van der Waals surface area (Å²) in [6.45, 7) is 6.27. The van der Waals surface area contributed by atoms with Crippen LogP contribution >= 0.6 is 0 Å². The second kappa shape index (κ2) is 29.6. The van der Waals surface area contributed by atoms with Crippen LogP contribution in [0.5, 0.6) is 5.75 Å². The topological polar surface area (TPSA) is 346 Å². The largest absolute Gasteiger partial charge is 2.00 e. The molecule has 0 aliphatic carbocycles. The Morgan fingerprint density at radius 2 is 0.957 bits per heavy atom. The second-order valence-electron chi connectivity index (χ2n) is 8.16. The van der Waals surface area contributed by atoms with E-state index in [9.17, 15) is 5.11 Å². The Morgan fingerprint density at radius 3 is 1.19 bits per heavy atom. The number of pyridine rings is 2. The molecule has 0 amide bonds. The number of aromatic nitrogens is 2. The fourth-order valence-corrected chi connectivity index (χ4v) is 2.49. The van der Waals surface area contributed by atoms with Crippen molar-refractivity contribution < 1.29 is 112 Å². The van der Waals surface area contributed by atoms with E-state index in [1.807, 2.05) is 36.4 Å². The molecule has 2 heterocycles. The first-order valence-corrected chi connectivity index (χ1v) is 14.2. The van der Waals surface area contributed by atoms with Gasteiger partial charge in [-0.1, -0.05) is 50.8 Å². The van der Waals surface area contributed by atoms with E-state index in [1.54, 1.807) is 24.5 Å². The van der Waals surface area contributed by atoms with Crippen molar-refractivity contribution in [3.63, 3.8) is 0 Å². The summed E-state index contributed by atoms with van der Waals surface area (Å²) in [5, 5.41) is 43.4. The summed E-state index contributed by atoms with van der Waals surface area (Å²) in [5.41, 5.74) is 7.47. The Labute approximate surface area is 297 Å². The summed E-state index contributed by atoms with van der Waals surface area (Å²) >= 11 is 0. The zero-order valence-electron chi connectivity index (χ0n) is 25.6. The third-order valence-electron chi connectivity index (χ3n) is 4.11. The molecule has 18 nitrogen and oxygen atoms in total. The number of benzene rings is 1. The Hall–Kier alpha value is -2.56. The van der Waals surface area contributed by atoms with Gasteiger partial charge in [-0.15, -0.1) is 20.5 Å². The minimum absolute atomic E-state index is 0. The Kier molecular flexibility index (Phi) is 33.9. The molecule has 0 saturated carbocycles. The van der Waals surface area contributed by atoms with Gasteiger partial charge < -0.3 is 20.4 Å². The third kappa shape index (κ3) is 33.1. The number of anilines is 2. The van der Waals surface area contributed by atoms with E-state index in [1.165, 1.54) is 12.4 Å². The minimum atomic E-state index is -4.94. The normalized spacial score (nSPS) is 10.2. The molecular weight excluding hydrogens is 774 g/mol. The first-order chi connectivity index (χ1) is 20.9. The van der Waals surface area contributed by atoms with Crippen molar-refractivity contribution in [1.29, 1.82) is 0 Å². The second-order valence-corrected chi connectivity index (χ2v) is 9.67. The molecule has 0 aliphatic rings. The van der Waals surface area contributed by atoms with E-state index in [0.717, 1.165) is 26.9 Å². The molecule has 0 aliphatic heterocycles. The molecule has 2 aromatic heterocycles. The quantitative estimate of drug-likeness (QED) is 0.102. The van der Waals surface area contributed by atoms with Gasteiger partial charge in [-0.05, 0) is 46.4 Å². The average molecular weight is 809 g/mol. The molecule has 4 N–H and O–H groups in total. The zero-order chi connectivity index (χ0) is 35.7. The number of hydrazone groups is 2. The third-order valence-corrected chi connectivity index (χ3v) is 4.11. The molecular formula is C25H34Cl2Cu2N6O12. The summed E-state index contributed by atoms with van der Waals surface area (Å²) in [7, 11) is -7.14. The van der Waals surface area contributed by atoms with E-state index < -0.39 is 20.5 Å². The van der Waals surface area contributed by atoms with Crippen LogP contribution < -0.4 is 58.3 Å². The van der Waals surface area contributed by atoms with Crippen molar-refractivity contribution in [3.8, 4) is 5.75 Å². The SMILES string of the molecule is CC(C)(C)c1cc(/C=N/Nc2ccccn2)c([O-])c(/C=N/Nc2ccccn2)c1.CO.CO.C[O-].[Cu+2].[Cu+2].[O-][Cl+3]([O-])([O-])[O-].[O-][Cl+3]([O-])([O-])[O-]. The molecule has 0 unspecified atom stereocenters. The Balaban J connectivity index is -0.000000277.